The van der Waals surface area contributed by atoms with Gasteiger partial charge in [-0.3, -0.25) is 4.90 Å². The molecule has 4 aliphatic rings. The predicted octanol–water partition coefficient (Wildman–Crippen LogP) is 4.58. The second kappa shape index (κ2) is 5.55. The molecule has 4 saturated carbocycles. The summed E-state index contributed by atoms with van der Waals surface area (Å²) in [6.45, 7) is 9.79. The average Bonchev–Trinajstić information content (AvgIpc) is 2.94. The Morgan fingerprint density at radius 3 is 2.12 bits per heavy atom. The Labute approximate surface area is 146 Å². The molecule has 5 rings (SSSR count). The lowest BCUT2D eigenvalue weighted by atomic mass is 9.49. The van der Waals surface area contributed by atoms with Crippen molar-refractivity contribution >= 4 is 0 Å². The van der Waals surface area contributed by atoms with E-state index in [1.807, 2.05) is 0 Å². The second-order valence-electron chi connectivity index (χ2n) is 10.2. The molecule has 0 spiro atoms. The Balaban J connectivity index is 1.46. The van der Waals surface area contributed by atoms with Gasteiger partial charge in [-0.25, -0.2) is 0 Å². The molecular weight excluding hydrogens is 298 g/mol. The zero-order valence-electron chi connectivity index (χ0n) is 16.0. The van der Waals surface area contributed by atoms with E-state index in [-0.39, 0.29) is 11.5 Å². The third-order valence-corrected chi connectivity index (χ3v) is 6.88. The van der Waals surface area contributed by atoms with Crippen LogP contribution in [0.5, 0.6) is 0 Å². The zero-order valence-corrected chi connectivity index (χ0v) is 16.0. The van der Waals surface area contributed by atoms with Crippen LogP contribution in [0.1, 0.15) is 84.0 Å². The summed E-state index contributed by atoms with van der Waals surface area (Å²) in [6, 6.07) is 0.196. The van der Waals surface area contributed by atoms with Gasteiger partial charge < -0.3 is 4.52 Å². The Bertz CT molecular complexity index is 565. The van der Waals surface area contributed by atoms with Crippen molar-refractivity contribution in [1.82, 2.24) is 15.0 Å². The summed E-state index contributed by atoms with van der Waals surface area (Å²) in [5.41, 5.74) is 0.505. The number of hydrogen-bond acceptors (Lipinski definition) is 4. The highest BCUT2D eigenvalue weighted by Crippen LogP contribution is 2.60. The maximum Gasteiger partial charge on any atom is 0.243 e. The van der Waals surface area contributed by atoms with E-state index < -0.39 is 0 Å². The molecule has 4 heteroatoms. The van der Waals surface area contributed by atoms with Gasteiger partial charge in [0.25, 0.3) is 0 Å². The van der Waals surface area contributed by atoms with Gasteiger partial charge in [0.15, 0.2) is 5.82 Å². The molecule has 1 aromatic rings. The molecule has 0 aromatic carbocycles. The minimum Gasteiger partial charge on any atom is -0.338 e. The number of nitrogens with zero attached hydrogens (tertiary/aromatic N) is 3. The van der Waals surface area contributed by atoms with Crippen molar-refractivity contribution in [2.75, 3.05) is 13.6 Å². The van der Waals surface area contributed by atoms with Crippen molar-refractivity contribution < 1.29 is 4.52 Å². The Morgan fingerprint density at radius 1 is 1.12 bits per heavy atom. The zero-order chi connectivity index (χ0) is 17.1. The molecule has 0 amide bonds. The van der Waals surface area contributed by atoms with Crippen molar-refractivity contribution in [1.29, 1.82) is 0 Å². The second-order valence-corrected chi connectivity index (χ2v) is 10.2. The van der Waals surface area contributed by atoms with Crippen LogP contribution in [0, 0.1) is 23.2 Å². The third kappa shape index (κ3) is 2.91. The first-order valence-corrected chi connectivity index (χ1v) is 9.78. The molecule has 24 heavy (non-hydrogen) atoms. The van der Waals surface area contributed by atoms with Crippen LogP contribution in [0.3, 0.4) is 0 Å². The third-order valence-electron chi connectivity index (χ3n) is 6.88. The van der Waals surface area contributed by atoms with Crippen molar-refractivity contribution in [3.05, 3.63) is 11.7 Å². The topological polar surface area (TPSA) is 42.2 Å². The highest BCUT2D eigenvalue weighted by Gasteiger charge is 2.51. The van der Waals surface area contributed by atoms with Gasteiger partial charge >= 0.3 is 0 Å². The van der Waals surface area contributed by atoms with E-state index in [1.54, 1.807) is 0 Å². The van der Waals surface area contributed by atoms with Crippen molar-refractivity contribution in [3.8, 4) is 0 Å². The summed E-state index contributed by atoms with van der Waals surface area (Å²) in [6.07, 6.45) is 8.89. The molecule has 4 bridgehead atoms. The van der Waals surface area contributed by atoms with Crippen LogP contribution in [0.4, 0.5) is 0 Å². The Hall–Kier alpha value is -0.900. The first-order valence-electron chi connectivity index (χ1n) is 9.78. The number of rotatable bonds is 4. The SMILES string of the molecule is C[C@H](c1nc(C(C)(C)C)no1)N(C)CC12CC3CC(CC(C3)C1)C2. The van der Waals surface area contributed by atoms with Crippen LogP contribution in [0.2, 0.25) is 0 Å². The van der Waals surface area contributed by atoms with Crippen LogP contribution < -0.4 is 0 Å². The molecule has 1 heterocycles. The van der Waals surface area contributed by atoms with Crippen molar-refractivity contribution in [2.45, 2.75) is 77.7 Å². The van der Waals surface area contributed by atoms with E-state index in [0.717, 1.165) is 29.5 Å². The summed E-state index contributed by atoms with van der Waals surface area (Å²) < 4.78 is 5.59. The quantitative estimate of drug-likeness (QED) is 0.810. The fraction of sp³-hybridized carbons (Fsp3) is 0.900. The van der Waals surface area contributed by atoms with E-state index in [4.69, 9.17) is 4.52 Å². The lowest BCUT2D eigenvalue weighted by Crippen LogP contribution is -2.50. The molecule has 4 aliphatic carbocycles. The molecule has 134 valence electrons. The lowest BCUT2D eigenvalue weighted by Gasteiger charge is -2.58. The van der Waals surface area contributed by atoms with Crippen LogP contribution in [-0.2, 0) is 5.41 Å². The highest BCUT2D eigenvalue weighted by molar-refractivity contribution is 5.05. The smallest absolute Gasteiger partial charge is 0.243 e. The summed E-state index contributed by atoms with van der Waals surface area (Å²) in [5, 5.41) is 4.20. The van der Waals surface area contributed by atoms with Crippen LogP contribution in [0.25, 0.3) is 0 Å². The van der Waals surface area contributed by atoms with Crippen LogP contribution in [0.15, 0.2) is 4.52 Å². The maximum absolute atomic E-state index is 5.59. The molecule has 4 fully saturated rings. The maximum atomic E-state index is 5.59. The van der Waals surface area contributed by atoms with Gasteiger partial charge in [0.05, 0.1) is 6.04 Å². The number of aromatic nitrogens is 2. The predicted molar refractivity (Wildman–Crippen MR) is 94.6 cm³/mol. The fourth-order valence-corrected chi connectivity index (χ4v) is 6.05. The Morgan fingerprint density at radius 2 is 1.67 bits per heavy atom. The summed E-state index contributed by atoms with van der Waals surface area (Å²) in [5.74, 6) is 4.61. The fourth-order valence-electron chi connectivity index (χ4n) is 6.05. The van der Waals surface area contributed by atoms with Gasteiger partial charge in [-0.2, -0.15) is 4.98 Å². The Kier molecular flexibility index (Phi) is 3.83. The molecule has 0 saturated heterocycles. The molecule has 0 unspecified atom stereocenters. The molecule has 0 radical (unpaired) electrons. The van der Waals surface area contributed by atoms with E-state index in [0.29, 0.717) is 5.41 Å². The first kappa shape index (κ1) is 16.6. The molecule has 4 nitrogen and oxygen atoms in total. The normalized spacial score (nSPS) is 36.5. The van der Waals surface area contributed by atoms with E-state index in [2.05, 4.69) is 49.8 Å². The lowest BCUT2D eigenvalue weighted by molar-refractivity contribution is -0.0713. The molecular formula is C20H33N3O. The minimum absolute atomic E-state index is 0.0556. The van der Waals surface area contributed by atoms with Gasteiger partial charge in [-0.05, 0) is 75.7 Å². The summed E-state index contributed by atoms with van der Waals surface area (Å²) in [7, 11) is 2.24. The minimum atomic E-state index is -0.0556. The molecule has 1 atom stereocenters. The van der Waals surface area contributed by atoms with Gasteiger partial charge in [-0.1, -0.05) is 25.9 Å². The van der Waals surface area contributed by atoms with Gasteiger partial charge in [0.1, 0.15) is 0 Å². The molecule has 0 N–H and O–H groups in total. The highest BCUT2D eigenvalue weighted by atomic mass is 16.5. The van der Waals surface area contributed by atoms with Crippen molar-refractivity contribution in [2.24, 2.45) is 23.2 Å². The summed E-state index contributed by atoms with van der Waals surface area (Å²) >= 11 is 0. The first-order chi connectivity index (χ1) is 11.2. The van der Waals surface area contributed by atoms with E-state index >= 15 is 0 Å². The standard InChI is InChI=1S/C20H33N3O/c1-13(17-21-18(22-24-17)19(2,3)4)23(5)12-20-9-14-6-15(10-20)8-16(7-14)11-20/h13-16H,6-12H2,1-5H3/t13-,14?,15?,16?,20?/m1/s1. The van der Waals surface area contributed by atoms with E-state index in [1.165, 1.54) is 45.1 Å². The molecule has 1 aromatic heterocycles. The molecule has 0 aliphatic heterocycles. The van der Waals surface area contributed by atoms with Gasteiger partial charge in [0.2, 0.25) is 5.89 Å². The summed E-state index contributed by atoms with van der Waals surface area (Å²) in [4.78, 5) is 7.14. The van der Waals surface area contributed by atoms with Gasteiger partial charge in [-0.15, -0.1) is 0 Å². The largest absolute Gasteiger partial charge is 0.338 e. The van der Waals surface area contributed by atoms with Crippen LogP contribution in [-0.4, -0.2) is 28.6 Å². The number of hydrogen-bond donors (Lipinski definition) is 0. The van der Waals surface area contributed by atoms with Crippen LogP contribution >= 0.6 is 0 Å². The monoisotopic (exact) mass is 331 g/mol. The average molecular weight is 332 g/mol. The van der Waals surface area contributed by atoms with E-state index in [9.17, 15) is 0 Å². The van der Waals surface area contributed by atoms with Crippen molar-refractivity contribution in [3.63, 3.8) is 0 Å². The van der Waals surface area contributed by atoms with Gasteiger partial charge in [0, 0.05) is 12.0 Å².